The third kappa shape index (κ3) is 5.32. The molecule has 1 saturated carbocycles. The van der Waals surface area contributed by atoms with Gasteiger partial charge in [-0.2, -0.15) is 0 Å². The summed E-state index contributed by atoms with van der Waals surface area (Å²) in [6, 6.07) is 12.8. The van der Waals surface area contributed by atoms with E-state index in [9.17, 15) is 0 Å². The van der Waals surface area contributed by atoms with Gasteiger partial charge in [0, 0.05) is 13.6 Å². The summed E-state index contributed by atoms with van der Waals surface area (Å²) < 4.78 is 7.10. The van der Waals surface area contributed by atoms with Gasteiger partial charge in [-0.05, 0) is 73.0 Å². The fourth-order valence-corrected chi connectivity index (χ4v) is 3.80. The van der Waals surface area contributed by atoms with E-state index in [2.05, 4.69) is 63.2 Å². The summed E-state index contributed by atoms with van der Waals surface area (Å²) in [5, 5.41) is 0. The van der Waals surface area contributed by atoms with Crippen molar-refractivity contribution in [1.29, 1.82) is 0 Å². The Bertz CT molecular complexity index is 771. The van der Waals surface area contributed by atoms with E-state index < -0.39 is 0 Å². The molecular formula is C22H28BrN3O. The molecule has 1 aliphatic rings. The lowest BCUT2D eigenvalue weighted by Crippen LogP contribution is -2.24. The monoisotopic (exact) mass is 429 g/mol. The molecule has 0 N–H and O–H groups in total. The lowest BCUT2D eigenvalue weighted by atomic mass is 9.83. The predicted octanol–water partition coefficient (Wildman–Crippen LogP) is 5.87. The minimum atomic E-state index is 0.230. The van der Waals surface area contributed by atoms with Gasteiger partial charge in [-0.1, -0.05) is 30.3 Å². The molecule has 1 aromatic carbocycles. The van der Waals surface area contributed by atoms with E-state index in [1.54, 1.807) is 0 Å². The lowest BCUT2D eigenvalue weighted by Gasteiger charge is -2.29. The number of benzene rings is 1. The van der Waals surface area contributed by atoms with Gasteiger partial charge in [0.15, 0.2) is 0 Å². The number of pyridine rings is 1. The Hall–Kier alpha value is -1.88. The Morgan fingerprint density at radius 1 is 1.22 bits per heavy atom. The number of halogens is 1. The number of hydrogen-bond donors (Lipinski definition) is 0. The smallest absolute Gasteiger partial charge is 0.228 e. The number of hydrogen-bond acceptors (Lipinski definition) is 3. The molecular weight excluding hydrogens is 402 g/mol. The van der Waals surface area contributed by atoms with Crippen molar-refractivity contribution in [2.24, 2.45) is 4.99 Å². The number of rotatable bonds is 6. The maximum absolute atomic E-state index is 6.23. The van der Waals surface area contributed by atoms with Crippen LogP contribution in [0.1, 0.15) is 49.8 Å². The number of ether oxygens (including phenoxy) is 1. The van der Waals surface area contributed by atoms with Gasteiger partial charge in [0.05, 0.1) is 22.2 Å². The van der Waals surface area contributed by atoms with Crippen molar-refractivity contribution in [3.63, 3.8) is 0 Å². The van der Waals surface area contributed by atoms with Crippen LogP contribution >= 0.6 is 15.9 Å². The Kier molecular flexibility index (Phi) is 6.89. The molecule has 0 spiro atoms. The zero-order chi connectivity index (χ0) is 19.2. The summed E-state index contributed by atoms with van der Waals surface area (Å²) in [4.78, 5) is 11.2. The van der Waals surface area contributed by atoms with E-state index in [0.717, 1.165) is 48.1 Å². The fraction of sp³-hybridized carbons (Fsp3) is 0.455. The standard InChI is InChI=1S/C22H28BrN3O/c1-4-26(3)15-24-21-14-20(23)22(25-16(21)2)27-19-12-10-18(11-13-19)17-8-6-5-7-9-17/h5-9,14-15,18-19H,4,10-13H2,1-3H3. The second kappa shape index (κ2) is 9.36. The first-order valence-electron chi connectivity index (χ1n) is 9.70. The molecule has 1 aromatic heterocycles. The van der Waals surface area contributed by atoms with Gasteiger partial charge < -0.3 is 9.64 Å². The highest BCUT2D eigenvalue weighted by atomic mass is 79.9. The molecule has 0 unspecified atom stereocenters. The van der Waals surface area contributed by atoms with E-state index in [1.807, 2.05) is 31.3 Å². The average molecular weight is 430 g/mol. The highest BCUT2D eigenvalue weighted by Gasteiger charge is 2.24. The summed E-state index contributed by atoms with van der Waals surface area (Å²) in [7, 11) is 2.00. The first-order chi connectivity index (χ1) is 13.1. The molecule has 0 amide bonds. The quantitative estimate of drug-likeness (QED) is 0.425. The molecule has 0 radical (unpaired) electrons. The van der Waals surface area contributed by atoms with Gasteiger partial charge in [-0.3, -0.25) is 0 Å². The largest absolute Gasteiger partial charge is 0.474 e. The third-order valence-electron chi connectivity index (χ3n) is 5.22. The SMILES string of the molecule is CCN(C)C=Nc1cc(Br)c(OC2CCC(c3ccccc3)CC2)nc1C. The summed E-state index contributed by atoms with van der Waals surface area (Å²) in [6.07, 6.45) is 6.52. The van der Waals surface area contributed by atoms with Gasteiger partial charge in [0.25, 0.3) is 0 Å². The van der Waals surface area contributed by atoms with Crippen molar-refractivity contribution < 1.29 is 4.74 Å². The molecule has 4 nitrogen and oxygen atoms in total. The number of nitrogens with zero attached hydrogens (tertiary/aromatic N) is 3. The molecule has 0 bridgehead atoms. The van der Waals surface area contributed by atoms with Crippen LogP contribution in [0.15, 0.2) is 45.9 Å². The van der Waals surface area contributed by atoms with Crippen molar-refractivity contribution >= 4 is 28.0 Å². The van der Waals surface area contributed by atoms with Gasteiger partial charge in [0.1, 0.15) is 6.10 Å². The Morgan fingerprint density at radius 3 is 2.59 bits per heavy atom. The summed E-state index contributed by atoms with van der Waals surface area (Å²) in [5.41, 5.74) is 3.19. The Balaban J connectivity index is 1.61. The van der Waals surface area contributed by atoms with E-state index in [4.69, 9.17) is 4.74 Å². The van der Waals surface area contributed by atoms with Gasteiger partial charge in [-0.15, -0.1) is 0 Å². The fourth-order valence-electron chi connectivity index (χ4n) is 3.40. The van der Waals surface area contributed by atoms with Crippen LogP contribution in [-0.2, 0) is 0 Å². The van der Waals surface area contributed by atoms with Crippen LogP contribution in [0.4, 0.5) is 5.69 Å². The molecule has 1 aliphatic carbocycles. The van der Waals surface area contributed by atoms with Crippen molar-refractivity contribution in [3.8, 4) is 5.88 Å². The molecule has 0 saturated heterocycles. The Labute approximate surface area is 170 Å². The highest BCUT2D eigenvalue weighted by Crippen LogP contribution is 2.36. The first kappa shape index (κ1) is 19.9. The lowest BCUT2D eigenvalue weighted by molar-refractivity contribution is 0.139. The van der Waals surface area contributed by atoms with Crippen molar-refractivity contribution in [3.05, 3.63) is 52.1 Å². The molecule has 27 heavy (non-hydrogen) atoms. The number of aryl methyl sites for hydroxylation is 1. The van der Waals surface area contributed by atoms with Crippen LogP contribution in [0, 0.1) is 6.92 Å². The number of aromatic nitrogens is 1. The van der Waals surface area contributed by atoms with Crippen molar-refractivity contribution in [2.75, 3.05) is 13.6 Å². The first-order valence-corrected chi connectivity index (χ1v) is 10.5. The summed E-state index contributed by atoms with van der Waals surface area (Å²) in [6.45, 7) is 4.99. The van der Waals surface area contributed by atoms with Crippen LogP contribution in [0.3, 0.4) is 0 Å². The predicted molar refractivity (Wildman–Crippen MR) is 115 cm³/mol. The van der Waals surface area contributed by atoms with E-state index >= 15 is 0 Å². The molecule has 1 heterocycles. The minimum absolute atomic E-state index is 0.230. The van der Waals surface area contributed by atoms with Crippen LogP contribution < -0.4 is 4.74 Å². The van der Waals surface area contributed by atoms with Crippen molar-refractivity contribution in [1.82, 2.24) is 9.88 Å². The number of aliphatic imine (C=N–C) groups is 1. The highest BCUT2D eigenvalue weighted by molar-refractivity contribution is 9.10. The summed E-state index contributed by atoms with van der Waals surface area (Å²) in [5.74, 6) is 1.33. The van der Waals surface area contributed by atoms with Gasteiger partial charge >= 0.3 is 0 Å². The molecule has 5 heteroatoms. The normalized spacial score (nSPS) is 20.0. The van der Waals surface area contributed by atoms with Gasteiger partial charge in [-0.25, -0.2) is 9.98 Å². The maximum atomic E-state index is 6.23. The van der Waals surface area contributed by atoms with E-state index in [-0.39, 0.29) is 6.10 Å². The van der Waals surface area contributed by atoms with Crippen molar-refractivity contribution in [2.45, 2.75) is 51.6 Å². The third-order valence-corrected chi connectivity index (χ3v) is 5.79. The molecule has 0 atom stereocenters. The topological polar surface area (TPSA) is 37.7 Å². The van der Waals surface area contributed by atoms with Crippen LogP contribution in [0.5, 0.6) is 5.88 Å². The second-order valence-corrected chi connectivity index (χ2v) is 8.05. The second-order valence-electron chi connectivity index (χ2n) is 7.20. The maximum Gasteiger partial charge on any atom is 0.228 e. The van der Waals surface area contributed by atoms with Crippen LogP contribution in [0.25, 0.3) is 0 Å². The molecule has 0 aliphatic heterocycles. The Morgan fingerprint density at radius 2 is 1.93 bits per heavy atom. The minimum Gasteiger partial charge on any atom is -0.474 e. The molecule has 144 valence electrons. The van der Waals surface area contributed by atoms with E-state index in [1.165, 1.54) is 5.56 Å². The van der Waals surface area contributed by atoms with E-state index in [0.29, 0.717) is 11.8 Å². The van der Waals surface area contributed by atoms with Crippen LogP contribution in [-0.4, -0.2) is 35.9 Å². The zero-order valence-electron chi connectivity index (χ0n) is 16.4. The summed E-state index contributed by atoms with van der Waals surface area (Å²) >= 11 is 3.61. The van der Waals surface area contributed by atoms with Gasteiger partial charge in [0.2, 0.25) is 5.88 Å². The molecule has 3 rings (SSSR count). The van der Waals surface area contributed by atoms with Crippen LogP contribution in [0.2, 0.25) is 0 Å². The average Bonchev–Trinajstić information content (AvgIpc) is 2.70. The molecule has 2 aromatic rings. The molecule has 1 fully saturated rings. The zero-order valence-corrected chi connectivity index (χ0v) is 17.9.